The van der Waals surface area contributed by atoms with Crippen LogP contribution in [0.1, 0.15) is 12.5 Å². The SMILES string of the molecule is CCS(=O)(=O)CCNc1ccc(C#N)cc1F. The predicted octanol–water partition coefficient (Wildman–Crippen LogP) is 1.54. The van der Waals surface area contributed by atoms with Crippen molar-refractivity contribution in [3.05, 3.63) is 29.6 Å². The number of nitrogens with zero attached hydrogens (tertiary/aromatic N) is 1. The number of nitriles is 1. The van der Waals surface area contributed by atoms with Crippen LogP contribution in [0.3, 0.4) is 0 Å². The Morgan fingerprint density at radius 3 is 2.71 bits per heavy atom. The van der Waals surface area contributed by atoms with Crippen molar-refractivity contribution < 1.29 is 12.8 Å². The van der Waals surface area contributed by atoms with Crippen molar-refractivity contribution in [3.8, 4) is 6.07 Å². The Kier molecular flexibility index (Phi) is 4.46. The zero-order valence-corrected chi connectivity index (χ0v) is 10.2. The first kappa shape index (κ1) is 13.5. The molecule has 92 valence electrons. The molecule has 0 atom stereocenters. The smallest absolute Gasteiger partial charge is 0.151 e. The zero-order valence-electron chi connectivity index (χ0n) is 9.40. The monoisotopic (exact) mass is 256 g/mol. The minimum Gasteiger partial charge on any atom is -0.382 e. The molecule has 6 heteroatoms. The van der Waals surface area contributed by atoms with Crippen LogP contribution < -0.4 is 5.32 Å². The van der Waals surface area contributed by atoms with E-state index in [-0.39, 0.29) is 29.3 Å². The largest absolute Gasteiger partial charge is 0.382 e. The van der Waals surface area contributed by atoms with Crippen molar-refractivity contribution >= 4 is 15.5 Å². The zero-order chi connectivity index (χ0) is 12.9. The average molecular weight is 256 g/mol. The Hall–Kier alpha value is -1.61. The number of hydrogen-bond acceptors (Lipinski definition) is 4. The summed E-state index contributed by atoms with van der Waals surface area (Å²) in [4.78, 5) is 0. The maximum atomic E-state index is 13.4. The number of anilines is 1. The van der Waals surface area contributed by atoms with Crippen molar-refractivity contribution in [1.29, 1.82) is 5.26 Å². The quantitative estimate of drug-likeness (QED) is 0.867. The molecule has 0 spiro atoms. The molecular formula is C11H13FN2O2S. The minimum absolute atomic E-state index is 0.0387. The van der Waals surface area contributed by atoms with Crippen LogP contribution in [-0.2, 0) is 9.84 Å². The number of rotatable bonds is 5. The Morgan fingerprint density at radius 1 is 1.47 bits per heavy atom. The molecule has 0 aromatic heterocycles. The number of sulfone groups is 1. The number of benzene rings is 1. The second-order valence-electron chi connectivity index (χ2n) is 3.47. The lowest BCUT2D eigenvalue weighted by atomic mass is 10.2. The molecule has 0 fully saturated rings. The van der Waals surface area contributed by atoms with Crippen LogP contribution in [0.5, 0.6) is 0 Å². The first-order chi connectivity index (χ1) is 7.98. The molecule has 0 unspecified atom stereocenters. The molecule has 0 aliphatic rings. The standard InChI is InChI=1S/C11H13FN2O2S/c1-2-17(15,16)6-5-14-11-4-3-9(8-13)7-10(11)12/h3-4,7,14H,2,5-6H2,1H3. The van der Waals surface area contributed by atoms with Gasteiger partial charge in [0.25, 0.3) is 0 Å². The third kappa shape index (κ3) is 4.04. The summed E-state index contributed by atoms with van der Waals surface area (Å²) in [6.45, 7) is 1.72. The van der Waals surface area contributed by atoms with E-state index in [0.29, 0.717) is 0 Å². The molecule has 0 aliphatic heterocycles. The summed E-state index contributed by atoms with van der Waals surface area (Å²) in [7, 11) is -3.05. The lowest BCUT2D eigenvalue weighted by molar-refractivity contribution is 0.597. The number of hydrogen-bond donors (Lipinski definition) is 1. The van der Waals surface area contributed by atoms with Crippen LogP contribution >= 0.6 is 0 Å². The van der Waals surface area contributed by atoms with E-state index in [0.717, 1.165) is 6.07 Å². The molecule has 0 heterocycles. The van der Waals surface area contributed by atoms with Crippen molar-refractivity contribution in [2.24, 2.45) is 0 Å². The first-order valence-electron chi connectivity index (χ1n) is 5.12. The van der Waals surface area contributed by atoms with Gasteiger partial charge < -0.3 is 5.32 Å². The third-order valence-electron chi connectivity index (χ3n) is 2.27. The van der Waals surface area contributed by atoms with E-state index in [1.165, 1.54) is 12.1 Å². The van der Waals surface area contributed by atoms with Crippen LogP contribution in [0.4, 0.5) is 10.1 Å². The number of nitrogens with one attached hydrogen (secondary N) is 1. The van der Waals surface area contributed by atoms with Gasteiger partial charge in [-0.25, -0.2) is 12.8 Å². The molecule has 0 saturated heterocycles. The van der Waals surface area contributed by atoms with Gasteiger partial charge in [0, 0.05) is 12.3 Å². The van der Waals surface area contributed by atoms with Gasteiger partial charge in [-0.05, 0) is 18.2 Å². The van der Waals surface area contributed by atoms with Gasteiger partial charge >= 0.3 is 0 Å². The van der Waals surface area contributed by atoms with Gasteiger partial charge in [-0.3, -0.25) is 0 Å². The summed E-state index contributed by atoms with van der Waals surface area (Å²) in [5, 5.41) is 11.2. The first-order valence-corrected chi connectivity index (χ1v) is 6.94. The van der Waals surface area contributed by atoms with Gasteiger partial charge in [0.05, 0.1) is 23.1 Å². The molecule has 4 nitrogen and oxygen atoms in total. The van der Waals surface area contributed by atoms with E-state index in [2.05, 4.69) is 5.32 Å². The molecule has 0 amide bonds. The van der Waals surface area contributed by atoms with Crippen LogP contribution in [0.25, 0.3) is 0 Å². The molecule has 1 aromatic rings. The number of halogens is 1. The highest BCUT2D eigenvalue weighted by Crippen LogP contribution is 2.14. The van der Waals surface area contributed by atoms with Crippen LogP contribution in [-0.4, -0.2) is 26.5 Å². The average Bonchev–Trinajstić information content (AvgIpc) is 2.31. The second-order valence-corrected chi connectivity index (χ2v) is 5.94. The Bertz CT molecular complexity index is 535. The van der Waals surface area contributed by atoms with Crippen molar-refractivity contribution in [1.82, 2.24) is 0 Å². The van der Waals surface area contributed by atoms with Crippen LogP contribution in [0.15, 0.2) is 18.2 Å². The van der Waals surface area contributed by atoms with Gasteiger partial charge in [0.2, 0.25) is 0 Å². The molecule has 1 aromatic carbocycles. The van der Waals surface area contributed by atoms with E-state index >= 15 is 0 Å². The highest BCUT2D eigenvalue weighted by molar-refractivity contribution is 7.91. The Balaban J connectivity index is 2.62. The fourth-order valence-corrected chi connectivity index (χ4v) is 1.92. The predicted molar refractivity (Wildman–Crippen MR) is 63.9 cm³/mol. The molecule has 1 N–H and O–H groups in total. The summed E-state index contributed by atoms with van der Waals surface area (Å²) >= 11 is 0. The molecule has 1 rings (SSSR count). The maximum absolute atomic E-state index is 13.4. The van der Waals surface area contributed by atoms with E-state index < -0.39 is 15.7 Å². The van der Waals surface area contributed by atoms with Crippen molar-refractivity contribution in [2.45, 2.75) is 6.92 Å². The molecule has 0 saturated carbocycles. The summed E-state index contributed by atoms with van der Waals surface area (Å²) in [6, 6.07) is 5.82. The molecule has 0 radical (unpaired) electrons. The van der Waals surface area contributed by atoms with Crippen molar-refractivity contribution in [3.63, 3.8) is 0 Å². The second kappa shape index (κ2) is 5.64. The summed E-state index contributed by atoms with van der Waals surface area (Å²) in [5.41, 5.74) is 0.435. The lowest BCUT2D eigenvalue weighted by Gasteiger charge is -2.07. The van der Waals surface area contributed by atoms with Gasteiger partial charge in [-0.2, -0.15) is 5.26 Å². The van der Waals surface area contributed by atoms with Gasteiger partial charge in [-0.15, -0.1) is 0 Å². The maximum Gasteiger partial charge on any atom is 0.151 e. The van der Waals surface area contributed by atoms with Gasteiger partial charge in [0.15, 0.2) is 9.84 Å². The molecule has 0 bridgehead atoms. The summed E-state index contributed by atoms with van der Waals surface area (Å²) in [6.07, 6.45) is 0. The van der Waals surface area contributed by atoms with Crippen molar-refractivity contribution in [2.75, 3.05) is 23.4 Å². The topological polar surface area (TPSA) is 70.0 Å². The minimum atomic E-state index is -3.05. The van der Waals surface area contributed by atoms with Gasteiger partial charge in [0.1, 0.15) is 5.82 Å². The molecular weight excluding hydrogens is 243 g/mol. The molecule has 17 heavy (non-hydrogen) atoms. The van der Waals surface area contributed by atoms with E-state index in [1.807, 2.05) is 6.07 Å². The van der Waals surface area contributed by atoms with Crippen LogP contribution in [0.2, 0.25) is 0 Å². The van der Waals surface area contributed by atoms with E-state index in [9.17, 15) is 12.8 Å². The normalized spacial score (nSPS) is 10.9. The fourth-order valence-electron chi connectivity index (χ4n) is 1.21. The third-order valence-corrected chi connectivity index (χ3v) is 3.97. The summed E-state index contributed by atoms with van der Waals surface area (Å²) in [5.74, 6) is -0.522. The Labute approximate surface area is 100.0 Å². The van der Waals surface area contributed by atoms with E-state index in [1.54, 1.807) is 6.92 Å². The highest BCUT2D eigenvalue weighted by atomic mass is 32.2. The lowest BCUT2D eigenvalue weighted by Crippen LogP contribution is -2.17. The van der Waals surface area contributed by atoms with Gasteiger partial charge in [-0.1, -0.05) is 6.92 Å². The highest BCUT2D eigenvalue weighted by Gasteiger charge is 2.08. The Morgan fingerprint density at radius 2 is 2.18 bits per heavy atom. The van der Waals surface area contributed by atoms with Crippen LogP contribution in [0, 0.1) is 17.1 Å². The summed E-state index contributed by atoms with van der Waals surface area (Å²) < 4.78 is 35.8. The fraction of sp³-hybridized carbons (Fsp3) is 0.364. The molecule has 0 aliphatic carbocycles. The van der Waals surface area contributed by atoms with E-state index in [4.69, 9.17) is 5.26 Å².